The molecule has 2 aromatic rings. The first kappa shape index (κ1) is 16.1. The molecule has 0 saturated carbocycles. The summed E-state index contributed by atoms with van der Waals surface area (Å²) in [6.45, 7) is 1.13. The molecule has 1 aromatic carbocycles. The second-order valence-electron chi connectivity index (χ2n) is 4.48. The van der Waals surface area contributed by atoms with Gasteiger partial charge in [-0.15, -0.1) is 0 Å². The van der Waals surface area contributed by atoms with Gasteiger partial charge in [0.1, 0.15) is 5.82 Å². The van der Waals surface area contributed by atoms with Crippen LogP contribution in [0.1, 0.15) is 12.8 Å². The average molecular weight is 376 g/mol. The Morgan fingerprint density at radius 3 is 2.81 bits per heavy atom. The van der Waals surface area contributed by atoms with Crippen LogP contribution in [-0.4, -0.2) is 24.5 Å². The van der Waals surface area contributed by atoms with E-state index < -0.39 is 15.8 Å². The molecule has 0 atom stereocenters. The Kier molecular flexibility index (Phi) is 5.49. The summed E-state index contributed by atoms with van der Waals surface area (Å²) in [6.07, 6.45) is 6.83. The number of nitrogens with one attached hydrogen (secondary N) is 1. The lowest BCUT2D eigenvalue weighted by Gasteiger charge is -2.08. The molecule has 0 aliphatic carbocycles. The van der Waals surface area contributed by atoms with Crippen LogP contribution in [0.25, 0.3) is 0 Å². The highest BCUT2D eigenvalue weighted by molar-refractivity contribution is 9.10. The predicted molar refractivity (Wildman–Crippen MR) is 80.7 cm³/mol. The summed E-state index contributed by atoms with van der Waals surface area (Å²) in [5.74, 6) is -0.485. The number of halogens is 2. The molecule has 0 radical (unpaired) electrons. The van der Waals surface area contributed by atoms with Crippen molar-refractivity contribution in [1.82, 2.24) is 14.3 Å². The van der Waals surface area contributed by atoms with E-state index in [1.807, 2.05) is 10.8 Å². The van der Waals surface area contributed by atoms with Crippen molar-refractivity contribution in [2.24, 2.45) is 0 Å². The third kappa shape index (κ3) is 4.62. The van der Waals surface area contributed by atoms with Gasteiger partial charge in [-0.05, 0) is 47.0 Å². The molecule has 5 nitrogen and oxygen atoms in total. The van der Waals surface area contributed by atoms with E-state index in [0.29, 0.717) is 13.0 Å². The third-order valence-electron chi connectivity index (χ3n) is 2.88. The lowest BCUT2D eigenvalue weighted by molar-refractivity contribution is 0.565. The van der Waals surface area contributed by atoms with Crippen molar-refractivity contribution in [1.29, 1.82) is 0 Å². The molecule has 0 aliphatic rings. The number of hydrogen-bond donors (Lipinski definition) is 1. The largest absolute Gasteiger partial charge is 0.337 e. The smallest absolute Gasteiger partial charge is 0.241 e. The van der Waals surface area contributed by atoms with Crippen LogP contribution in [0.15, 0.2) is 46.3 Å². The highest BCUT2D eigenvalue weighted by atomic mass is 79.9. The highest BCUT2D eigenvalue weighted by Crippen LogP contribution is 2.22. The number of imidazole rings is 1. The molecule has 0 fully saturated rings. The van der Waals surface area contributed by atoms with E-state index in [-0.39, 0.29) is 9.37 Å². The fourth-order valence-electron chi connectivity index (χ4n) is 1.82. The Labute approximate surface area is 131 Å². The van der Waals surface area contributed by atoms with Crippen molar-refractivity contribution >= 4 is 26.0 Å². The first-order chi connectivity index (χ1) is 9.99. The maximum Gasteiger partial charge on any atom is 0.241 e. The first-order valence-corrected chi connectivity index (χ1v) is 8.67. The number of aryl methyl sites for hydroxylation is 1. The van der Waals surface area contributed by atoms with Crippen LogP contribution in [0, 0.1) is 5.82 Å². The fraction of sp³-hybridized carbons (Fsp3) is 0.308. The van der Waals surface area contributed by atoms with Crippen molar-refractivity contribution in [3.8, 4) is 0 Å². The van der Waals surface area contributed by atoms with Crippen molar-refractivity contribution < 1.29 is 12.8 Å². The predicted octanol–water partition coefficient (Wildman–Crippen LogP) is 2.54. The van der Waals surface area contributed by atoms with Gasteiger partial charge in [0, 0.05) is 30.0 Å². The number of hydrogen-bond acceptors (Lipinski definition) is 3. The van der Waals surface area contributed by atoms with Gasteiger partial charge in [-0.2, -0.15) is 0 Å². The topological polar surface area (TPSA) is 64.0 Å². The molecule has 1 aromatic heterocycles. The molecule has 1 heterocycles. The lowest BCUT2D eigenvalue weighted by atomic mass is 10.3. The van der Waals surface area contributed by atoms with Crippen LogP contribution < -0.4 is 4.72 Å². The summed E-state index contributed by atoms with van der Waals surface area (Å²) in [5, 5.41) is 0. The standard InChI is InChI=1S/C13H15BrFN3O2S/c14-12-9-11(15)3-4-13(12)21(19,20)17-5-1-2-7-18-8-6-16-10-18/h3-4,6,8-10,17H,1-2,5,7H2. The van der Waals surface area contributed by atoms with Gasteiger partial charge in [-0.3, -0.25) is 0 Å². The summed E-state index contributed by atoms with van der Waals surface area (Å²) in [6, 6.07) is 3.50. The van der Waals surface area contributed by atoms with E-state index >= 15 is 0 Å². The van der Waals surface area contributed by atoms with Crippen LogP contribution in [0.3, 0.4) is 0 Å². The van der Waals surface area contributed by atoms with E-state index in [0.717, 1.165) is 25.1 Å². The van der Waals surface area contributed by atoms with Crippen molar-refractivity contribution in [3.05, 3.63) is 47.2 Å². The Balaban J connectivity index is 1.84. The summed E-state index contributed by atoms with van der Waals surface area (Å²) in [7, 11) is -3.62. The second kappa shape index (κ2) is 7.15. The summed E-state index contributed by atoms with van der Waals surface area (Å²) < 4.78 is 41.8. The molecule has 0 amide bonds. The minimum absolute atomic E-state index is 0.0403. The number of nitrogens with zero attached hydrogens (tertiary/aromatic N) is 2. The van der Waals surface area contributed by atoms with Gasteiger partial charge in [0.15, 0.2) is 0 Å². The molecule has 0 unspecified atom stereocenters. The van der Waals surface area contributed by atoms with Gasteiger partial charge in [0.2, 0.25) is 10.0 Å². The first-order valence-electron chi connectivity index (χ1n) is 6.39. The number of sulfonamides is 1. The molecule has 8 heteroatoms. The van der Waals surface area contributed by atoms with E-state index in [4.69, 9.17) is 0 Å². The molecular weight excluding hydrogens is 361 g/mol. The SMILES string of the molecule is O=S(=O)(NCCCCn1ccnc1)c1ccc(F)cc1Br. The van der Waals surface area contributed by atoms with Crippen LogP contribution in [0.5, 0.6) is 0 Å². The molecule has 0 spiro atoms. The number of unbranched alkanes of at least 4 members (excludes halogenated alkanes) is 1. The number of benzene rings is 1. The zero-order chi connectivity index (χ0) is 15.3. The van der Waals surface area contributed by atoms with E-state index in [2.05, 4.69) is 25.6 Å². The molecule has 2 rings (SSSR count). The van der Waals surface area contributed by atoms with E-state index in [9.17, 15) is 12.8 Å². The Bertz CT molecular complexity index is 689. The quantitative estimate of drug-likeness (QED) is 0.756. The van der Waals surface area contributed by atoms with Crippen LogP contribution in [-0.2, 0) is 16.6 Å². The zero-order valence-corrected chi connectivity index (χ0v) is 13.6. The molecule has 0 saturated heterocycles. The molecule has 0 bridgehead atoms. The van der Waals surface area contributed by atoms with Crippen LogP contribution >= 0.6 is 15.9 Å². The van der Waals surface area contributed by atoms with Gasteiger partial charge < -0.3 is 4.57 Å². The Morgan fingerprint density at radius 1 is 1.33 bits per heavy atom. The van der Waals surface area contributed by atoms with Crippen molar-refractivity contribution in [2.45, 2.75) is 24.3 Å². The summed E-state index contributed by atoms with van der Waals surface area (Å²) >= 11 is 3.06. The maximum absolute atomic E-state index is 13.0. The van der Waals surface area contributed by atoms with E-state index in [1.165, 1.54) is 6.07 Å². The normalized spacial score (nSPS) is 11.7. The molecule has 0 aliphatic heterocycles. The van der Waals surface area contributed by atoms with E-state index in [1.54, 1.807) is 12.5 Å². The van der Waals surface area contributed by atoms with Gasteiger partial charge in [-0.25, -0.2) is 22.5 Å². The molecule has 1 N–H and O–H groups in total. The summed E-state index contributed by atoms with van der Waals surface area (Å²) in [5.41, 5.74) is 0. The number of rotatable bonds is 7. The maximum atomic E-state index is 13.0. The van der Waals surface area contributed by atoms with Gasteiger partial charge in [-0.1, -0.05) is 0 Å². The second-order valence-corrected chi connectivity index (χ2v) is 7.07. The average Bonchev–Trinajstić information content (AvgIpc) is 2.91. The van der Waals surface area contributed by atoms with Crippen LogP contribution in [0.4, 0.5) is 4.39 Å². The Morgan fingerprint density at radius 2 is 2.14 bits per heavy atom. The fourth-order valence-corrected chi connectivity index (χ4v) is 3.94. The van der Waals surface area contributed by atoms with Gasteiger partial charge >= 0.3 is 0 Å². The monoisotopic (exact) mass is 375 g/mol. The number of aromatic nitrogens is 2. The molecular formula is C13H15BrFN3O2S. The van der Waals surface area contributed by atoms with Gasteiger partial charge in [0.05, 0.1) is 11.2 Å². The minimum Gasteiger partial charge on any atom is -0.337 e. The van der Waals surface area contributed by atoms with Crippen LogP contribution in [0.2, 0.25) is 0 Å². The molecule has 114 valence electrons. The third-order valence-corrected chi connectivity index (χ3v) is 5.32. The van der Waals surface area contributed by atoms with Crippen molar-refractivity contribution in [2.75, 3.05) is 6.54 Å². The van der Waals surface area contributed by atoms with Crippen molar-refractivity contribution in [3.63, 3.8) is 0 Å². The summed E-state index contributed by atoms with van der Waals surface area (Å²) in [4.78, 5) is 3.97. The highest BCUT2D eigenvalue weighted by Gasteiger charge is 2.17. The lowest BCUT2D eigenvalue weighted by Crippen LogP contribution is -2.25. The zero-order valence-electron chi connectivity index (χ0n) is 11.2. The van der Waals surface area contributed by atoms with Gasteiger partial charge in [0.25, 0.3) is 0 Å². The Hall–Kier alpha value is -1.25. The molecule has 21 heavy (non-hydrogen) atoms. The minimum atomic E-state index is -3.62.